The van der Waals surface area contributed by atoms with Gasteiger partial charge in [0.15, 0.2) is 0 Å². The first-order valence-electron chi connectivity index (χ1n) is 8.03. The molecule has 0 atom stereocenters. The highest BCUT2D eigenvalue weighted by Gasteiger charge is 2.16. The molecule has 5 nitrogen and oxygen atoms in total. The summed E-state index contributed by atoms with van der Waals surface area (Å²) in [6.07, 6.45) is 0. The van der Waals surface area contributed by atoms with E-state index in [1.54, 1.807) is 27.4 Å². The quantitative estimate of drug-likeness (QED) is 0.640. The first-order valence-corrected chi connectivity index (χ1v) is 8.03. The van der Waals surface area contributed by atoms with Crippen molar-refractivity contribution in [3.63, 3.8) is 0 Å². The Labute approximate surface area is 152 Å². The molecule has 3 aromatic rings. The molecule has 3 rings (SSSR count). The van der Waals surface area contributed by atoms with Crippen molar-refractivity contribution >= 4 is 16.7 Å². The van der Waals surface area contributed by atoms with Gasteiger partial charge in [0.25, 0.3) is 0 Å². The van der Waals surface area contributed by atoms with Crippen LogP contribution in [-0.4, -0.2) is 34.4 Å². The van der Waals surface area contributed by atoms with Crippen LogP contribution in [0.2, 0.25) is 0 Å². The van der Waals surface area contributed by atoms with Crippen LogP contribution in [0.15, 0.2) is 48.5 Å². The topological polar surface area (TPSA) is 54.0 Å². The van der Waals surface area contributed by atoms with Crippen LogP contribution in [-0.2, 0) is 4.74 Å². The SMILES string of the molecule is COC(=O)c1cc(-c2ccc(OC)cc2)c2c(OC)cc(OC)cc2c1. The van der Waals surface area contributed by atoms with Gasteiger partial charge in [0.2, 0.25) is 0 Å². The van der Waals surface area contributed by atoms with Crippen LogP contribution in [0.4, 0.5) is 0 Å². The summed E-state index contributed by atoms with van der Waals surface area (Å²) in [4.78, 5) is 12.1. The summed E-state index contributed by atoms with van der Waals surface area (Å²) in [5, 5.41) is 1.72. The minimum Gasteiger partial charge on any atom is -0.497 e. The van der Waals surface area contributed by atoms with Crippen LogP contribution in [0.3, 0.4) is 0 Å². The van der Waals surface area contributed by atoms with Gasteiger partial charge in [-0.1, -0.05) is 12.1 Å². The molecular formula is C21H20O5. The van der Waals surface area contributed by atoms with Crippen LogP contribution in [0.5, 0.6) is 17.2 Å². The molecule has 0 aliphatic carbocycles. The van der Waals surface area contributed by atoms with Crippen molar-refractivity contribution in [1.82, 2.24) is 0 Å². The van der Waals surface area contributed by atoms with Crippen molar-refractivity contribution in [2.45, 2.75) is 0 Å². The van der Waals surface area contributed by atoms with Gasteiger partial charge in [0.05, 0.1) is 34.0 Å². The predicted octanol–water partition coefficient (Wildman–Crippen LogP) is 4.32. The van der Waals surface area contributed by atoms with E-state index in [0.29, 0.717) is 17.1 Å². The zero-order valence-corrected chi connectivity index (χ0v) is 15.2. The third-order valence-electron chi connectivity index (χ3n) is 4.26. The van der Waals surface area contributed by atoms with Crippen LogP contribution >= 0.6 is 0 Å². The molecule has 0 aromatic heterocycles. The number of carbonyl (C=O) groups excluding carboxylic acids is 1. The fourth-order valence-corrected chi connectivity index (χ4v) is 2.96. The number of esters is 1. The summed E-state index contributed by atoms with van der Waals surface area (Å²) in [5.74, 6) is 1.68. The molecule has 0 spiro atoms. The van der Waals surface area contributed by atoms with Gasteiger partial charge < -0.3 is 18.9 Å². The van der Waals surface area contributed by atoms with Gasteiger partial charge in [-0.15, -0.1) is 0 Å². The fraction of sp³-hybridized carbons (Fsp3) is 0.190. The summed E-state index contributed by atoms with van der Waals surface area (Å²) < 4.78 is 21.1. The van der Waals surface area contributed by atoms with Gasteiger partial charge in [0, 0.05) is 11.5 Å². The molecule has 0 N–H and O–H groups in total. The zero-order chi connectivity index (χ0) is 18.7. The molecule has 0 radical (unpaired) electrons. The number of hydrogen-bond acceptors (Lipinski definition) is 5. The maximum atomic E-state index is 12.1. The van der Waals surface area contributed by atoms with E-state index < -0.39 is 5.97 Å². The highest BCUT2D eigenvalue weighted by atomic mass is 16.5. The Balaban J connectivity index is 2.34. The maximum Gasteiger partial charge on any atom is 0.337 e. The van der Waals surface area contributed by atoms with Gasteiger partial charge in [-0.05, 0) is 46.8 Å². The van der Waals surface area contributed by atoms with Crippen molar-refractivity contribution in [3.8, 4) is 28.4 Å². The molecule has 0 aliphatic heterocycles. The van der Waals surface area contributed by atoms with Gasteiger partial charge >= 0.3 is 5.97 Å². The van der Waals surface area contributed by atoms with E-state index in [-0.39, 0.29) is 0 Å². The molecule has 5 heteroatoms. The average Bonchev–Trinajstić information content (AvgIpc) is 2.71. The van der Waals surface area contributed by atoms with Crippen molar-refractivity contribution in [2.24, 2.45) is 0 Å². The minimum atomic E-state index is -0.400. The summed E-state index contributed by atoms with van der Waals surface area (Å²) in [7, 11) is 6.19. The largest absolute Gasteiger partial charge is 0.497 e. The molecule has 0 saturated carbocycles. The van der Waals surface area contributed by atoms with Gasteiger partial charge in [-0.25, -0.2) is 4.79 Å². The lowest BCUT2D eigenvalue weighted by Crippen LogP contribution is -2.02. The van der Waals surface area contributed by atoms with Crippen molar-refractivity contribution < 1.29 is 23.7 Å². The molecule has 0 bridgehead atoms. The lowest BCUT2D eigenvalue weighted by atomic mass is 9.94. The Morgan fingerprint density at radius 2 is 1.46 bits per heavy atom. The molecule has 0 heterocycles. The minimum absolute atomic E-state index is 0.400. The average molecular weight is 352 g/mol. The molecule has 134 valence electrons. The predicted molar refractivity (Wildman–Crippen MR) is 100 cm³/mol. The van der Waals surface area contributed by atoms with E-state index in [2.05, 4.69) is 0 Å². The molecule has 0 fully saturated rings. The highest BCUT2D eigenvalue weighted by Crippen LogP contribution is 2.39. The molecule has 3 aromatic carbocycles. The second-order valence-corrected chi connectivity index (χ2v) is 5.67. The number of rotatable bonds is 5. The lowest BCUT2D eigenvalue weighted by molar-refractivity contribution is 0.0601. The van der Waals surface area contributed by atoms with Crippen LogP contribution in [0.1, 0.15) is 10.4 Å². The number of hydrogen-bond donors (Lipinski definition) is 0. The smallest absolute Gasteiger partial charge is 0.337 e. The van der Waals surface area contributed by atoms with E-state index in [4.69, 9.17) is 18.9 Å². The number of fused-ring (bicyclic) bond motifs is 1. The molecule has 26 heavy (non-hydrogen) atoms. The summed E-state index contributed by atoms with van der Waals surface area (Å²) >= 11 is 0. The normalized spacial score (nSPS) is 10.5. The molecule has 0 amide bonds. The number of ether oxygens (including phenoxy) is 4. The van der Waals surface area contributed by atoms with Crippen molar-refractivity contribution in [1.29, 1.82) is 0 Å². The monoisotopic (exact) mass is 352 g/mol. The third kappa shape index (κ3) is 3.16. The highest BCUT2D eigenvalue weighted by molar-refractivity contribution is 6.06. The van der Waals surface area contributed by atoms with Gasteiger partial charge in [-0.2, -0.15) is 0 Å². The Morgan fingerprint density at radius 3 is 2.04 bits per heavy atom. The second kappa shape index (κ2) is 7.35. The van der Waals surface area contributed by atoms with Crippen LogP contribution < -0.4 is 14.2 Å². The fourth-order valence-electron chi connectivity index (χ4n) is 2.96. The first-order chi connectivity index (χ1) is 12.6. The van der Waals surface area contributed by atoms with E-state index in [1.807, 2.05) is 42.5 Å². The van der Waals surface area contributed by atoms with Crippen LogP contribution in [0.25, 0.3) is 21.9 Å². The first kappa shape index (κ1) is 17.6. The summed E-state index contributed by atoms with van der Waals surface area (Å²) in [6, 6.07) is 14.9. The second-order valence-electron chi connectivity index (χ2n) is 5.67. The standard InChI is InChI=1S/C21H20O5/c1-23-16-7-5-13(6-8-16)18-11-15(21(22)26-4)9-14-10-17(24-2)12-19(25-3)20(14)18/h5-12H,1-4H3. The lowest BCUT2D eigenvalue weighted by Gasteiger charge is -2.15. The van der Waals surface area contributed by atoms with Crippen LogP contribution in [0, 0.1) is 0 Å². The molecule has 0 saturated heterocycles. The van der Waals surface area contributed by atoms with Gasteiger partial charge in [0.1, 0.15) is 17.2 Å². The Morgan fingerprint density at radius 1 is 0.769 bits per heavy atom. The van der Waals surface area contributed by atoms with Crippen molar-refractivity contribution in [2.75, 3.05) is 28.4 Å². The van der Waals surface area contributed by atoms with E-state index >= 15 is 0 Å². The Kier molecular flexibility index (Phi) is 4.98. The van der Waals surface area contributed by atoms with E-state index in [9.17, 15) is 4.79 Å². The number of benzene rings is 3. The maximum absolute atomic E-state index is 12.1. The van der Waals surface area contributed by atoms with Gasteiger partial charge in [-0.3, -0.25) is 0 Å². The van der Waals surface area contributed by atoms with E-state index in [0.717, 1.165) is 27.6 Å². The molecule has 0 unspecified atom stereocenters. The van der Waals surface area contributed by atoms with E-state index in [1.165, 1.54) is 7.11 Å². The molecular weight excluding hydrogens is 332 g/mol. The number of methoxy groups -OCH3 is 4. The summed E-state index contributed by atoms with van der Waals surface area (Å²) in [6.45, 7) is 0. The summed E-state index contributed by atoms with van der Waals surface area (Å²) in [5.41, 5.74) is 2.26. The third-order valence-corrected chi connectivity index (χ3v) is 4.26. The van der Waals surface area contributed by atoms with Crippen molar-refractivity contribution in [3.05, 3.63) is 54.1 Å². The molecule has 0 aliphatic rings. The Bertz CT molecular complexity index is 945. The number of carbonyl (C=O) groups is 1. The zero-order valence-electron chi connectivity index (χ0n) is 15.2. The Hall–Kier alpha value is -3.21.